The Morgan fingerprint density at radius 2 is 0.652 bits per heavy atom. The van der Waals surface area contributed by atoms with Crippen LogP contribution in [0.2, 0.25) is 0 Å². The van der Waals surface area contributed by atoms with Crippen molar-refractivity contribution < 1.29 is 4.42 Å². The highest BCUT2D eigenvalue weighted by Crippen LogP contribution is 2.43. The number of benzene rings is 12. The zero-order valence-corrected chi connectivity index (χ0v) is 37.6. The lowest BCUT2D eigenvalue weighted by molar-refractivity contribution is 0.669. The van der Waals surface area contributed by atoms with Crippen LogP contribution in [0.4, 0.5) is 17.1 Å². The number of aromatic nitrogens is 1. The van der Waals surface area contributed by atoms with Gasteiger partial charge in [-0.1, -0.05) is 176 Å². The summed E-state index contributed by atoms with van der Waals surface area (Å²) in [5.74, 6) is 0. The van der Waals surface area contributed by atoms with Crippen molar-refractivity contribution in [2.45, 2.75) is 0 Å². The lowest BCUT2D eigenvalue weighted by atomic mass is 9.94. The van der Waals surface area contributed by atoms with E-state index in [-0.39, 0.29) is 0 Å². The molecule has 3 heteroatoms. The molecule has 14 aromatic rings. The Morgan fingerprint density at radius 1 is 0.246 bits per heavy atom. The molecule has 0 unspecified atom stereocenters. The third kappa shape index (κ3) is 6.43. The van der Waals surface area contributed by atoms with Crippen molar-refractivity contribution in [3.05, 3.63) is 255 Å². The SMILES string of the molecule is c1cc(-c2ccc(N(c3ccc(-c4ccc(-c5ccc6c(c5)oc5ccccc56)cc4)cc3)c3ccc4c5ccccc5c5ccccc5c4c3)cc2)cc(-n2c3ccccc3c3ccccc32)c1. The van der Waals surface area contributed by atoms with Crippen molar-refractivity contribution in [2.24, 2.45) is 0 Å². The van der Waals surface area contributed by atoms with Gasteiger partial charge in [0.15, 0.2) is 0 Å². The third-order valence-electron chi connectivity index (χ3n) is 14.2. The van der Waals surface area contributed by atoms with E-state index in [1.165, 1.54) is 65.3 Å². The molecule has 0 fully saturated rings. The van der Waals surface area contributed by atoms with Crippen LogP contribution >= 0.6 is 0 Å². The molecule has 69 heavy (non-hydrogen) atoms. The summed E-state index contributed by atoms with van der Waals surface area (Å²) in [7, 11) is 0. The molecule has 0 spiro atoms. The van der Waals surface area contributed by atoms with Gasteiger partial charge in [0, 0.05) is 44.3 Å². The highest BCUT2D eigenvalue weighted by atomic mass is 16.3. The molecule has 14 rings (SSSR count). The third-order valence-corrected chi connectivity index (χ3v) is 14.2. The lowest BCUT2D eigenvalue weighted by Gasteiger charge is -2.27. The molecule has 0 bridgehead atoms. The van der Waals surface area contributed by atoms with Crippen molar-refractivity contribution in [3.63, 3.8) is 0 Å². The number of nitrogens with zero attached hydrogens (tertiary/aromatic N) is 2. The van der Waals surface area contributed by atoms with E-state index in [9.17, 15) is 0 Å². The van der Waals surface area contributed by atoms with Gasteiger partial charge in [0.25, 0.3) is 0 Å². The van der Waals surface area contributed by atoms with E-state index in [2.05, 4.69) is 252 Å². The molecule has 2 aromatic heterocycles. The number of furan rings is 1. The molecular formula is C66H42N2O. The number of hydrogen-bond donors (Lipinski definition) is 0. The van der Waals surface area contributed by atoms with Crippen LogP contribution in [0.25, 0.3) is 115 Å². The molecule has 0 radical (unpaired) electrons. The molecule has 0 aliphatic carbocycles. The van der Waals surface area contributed by atoms with E-state index < -0.39 is 0 Å². The summed E-state index contributed by atoms with van der Waals surface area (Å²) < 4.78 is 8.61. The lowest BCUT2D eigenvalue weighted by Crippen LogP contribution is -2.10. The monoisotopic (exact) mass is 878 g/mol. The molecule has 12 aromatic carbocycles. The molecule has 0 N–H and O–H groups in total. The fourth-order valence-electron chi connectivity index (χ4n) is 10.9. The second-order valence-electron chi connectivity index (χ2n) is 18.1. The molecule has 322 valence electrons. The highest BCUT2D eigenvalue weighted by molar-refractivity contribution is 6.26. The van der Waals surface area contributed by atoms with E-state index >= 15 is 0 Å². The van der Waals surface area contributed by atoms with Gasteiger partial charge >= 0.3 is 0 Å². The van der Waals surface area contributed by atoms with E-state index in [0.717, 1.165) is 66.9 Å². The molecule has 3 nitrogen and oxygen atoms in total. The topological polar surface area (TPSA) is 21.3 Å². The summed E-state index contributed by atoms with van der Waals surface area (Å²) in [5.41, 5.74) is 15.6. The first-order valence-corrected chi connectivity index (χ1v) is 23.6. The van der Waals surface area contributed by atoms with Crippen LogP contribution < -0.4 is 4.90 Å². The van der Waals surface area contributed by atoms with Crippen LogP contribution in [-0.4, -0.2) is 4.57 Å². The largest absolute Gasteiger partial charge is 0.456 e. The van der Waals surface area contributed by atoms with Crippen LogP contribution in [0, 0.1) is 0 Å². The highest BCUT2D eigenvalue weighted by Gasteiger charge is 2.18. The molecule has 0 saturated carbocycles. The second kappa shape index (κ2) is 15.7. The molecule has 0 amide bonds. The summed E-state index contributed by atoms with van der Waals surface area (Å²) in [6.45, 7) is 0. The first-order chi connectivity index (χ1) is 34.2. The maximum absolute atomic E-state index is 6.22. The van der Waals surface area contributed by atoms with E-state index in [0.29, 0.717) is 0 Å². The zero-order valence-electron chi connectivity index (χ0n) is 37.6. The molecule has 0 atom stereocenters. The Bertz CT molecular complexity index is 4200. The minimum atomic E-state index is 0.908. The number of para-hydroxylation sites is 3. The van der Waals surface area contributed by atoms with Crippen LogP contribution in [0.3, 0.4) is 0 Å². The maximum Gasteiger partial charge on any atom is 0.136 e. The van der Waals surface area contributed by atoms with Crippen molar-refractivity contribution in [1.29, 1.82) is 0 Å². The van der Waals surface area contributed by atoms with Gasteiger partial charge in [-0.25, -0.2) is 0 Å². The fraction of sp³-hybridized carbons (Fsp3) is 0. The zero-order chi connectivity index (χ0) is 45.4. The van der Waals surface area contributed by atoms with Crippen LogP contribution in [0.15, 0.2) is 259 Å². The van der Waals surface area contributed by atoms with Crippen molar-refractivity contribution in [1.82, 2.24) is 4.57 Å². The number of hydrogen-bond acceptors (Lipinski definition) is 2. The van der Waals surface area contributed by atoms with E-state index in [1.54, 1.807) is 0 Å². The quantitative estimate of drug-likeness (QED) is 0.149. The van der Waals surface area contributed by atoms with Crippen molar-refractivity contribution in [2.75, 3.05) is 4.90 Å². The first-order valence-electron chi connectivity index (χ1n) is 23.6. The van der Waals surface area contributed by atoms with Gasteiger partial charge in [0.1, 0.15) is 11.2 Å². The normalized spacial score (nSPS) is 11.8. The first kappa shape index (κ1) is 39.0. The van der Waals surface area contributed by atoms with Gasteiger partial charge in [-0.2, -0.15) is 0 Å². The van der Waals surface area contributed by atoms with E-state index in [4.69, 9.17) is 4.42 Å². The van der Waals surface area contributed by atoms with Gasteiger partial charge in [-0.05, 0) is 145 Å². The smallest absolute Gasteiger partial charge is 0.136 e. The van der Waals surface area contributed by atoms with E-state index in [1.807, 2.05) is 12.1 Å². The predicted octanol–water partition coefficient (Wildman–Crippen LogP) is 18.6. The minimum absolute atomic E-state index is 0.908. The fourth-order valence-corrected chi connectivity index (χ4v) is 10.9. The average Bonchev–Trinajstić information content (AvgIpc) is 3.97. The van der Waals surface area contributed by atoms with Crippen LogP contribution in [0.1, 0.15) is 0 Å². The summed E-state index contributed by atoms with van der Waals surface area (Å²) in [5, 5.41) is 12.4. The number of anilines is 3. The van der Waals surface area contributed by atoms with Gasteiger partial charge in [0.05, 0.1) is 11.0 Å². The molecule has 0 aliphatic rings. The maximum atomic E-state index is 6.22. The summed E-state index contributed by atoms with van der Waals surface area (Å²) >= 11 is 0. The van der Waals surface area contributed by atoms with Crippen LogP contribution in [0.5, 0.6) is 0 Å². The average molecular weight is 879 g/mol. The second-order valence-corrected chi connectivity index (χ2v) is 18.1. The molecule has 0 saturated heterocycles. The number of rotatable bonds is 7. The molecule has 0 aliphatic heterocycles. The summed E-state index contributed by atoms with van der Waals surface area (Å²) in [4.78, 5) is 2.39. The van der Waals surface area contributed by atoms with Crippen molar-refractivity contribution in [3.8, 4) is 39.1 Å². The number of fused-ring (bicyclic) bond motifs is 12. The minimum Gasteiger partial charge on any atom is -0.456 e. The molecular weight excluding hydrogens is 837 g/mol. The Hall–Kier alpha value is -9.18. The van der Waals surface area contributed by atoms with Gasteiger partial charge < -0.3 is 13.9 Å². The summed E-state index contributed by atoms with van der Waals surface area (Å²) in [6, 6.07) is 92.5. The van der Waals surface area contributed by atoms with Gasteiger partial charge in [-0.15, -0.1) is 0 Å². The Balaban J connectivity index is 0.843. The Morgan fingerprint density at radius 3 is 1.25 bits per heavy atom. The molecule has 2 heterocycles. The standard InChI is InChI=1S/C66H42N2O/c1-2-16-55-53(14-1)54-15-3-4-17-56(54)62-42-52(37-39-57(55)62)67(49-33-28-44(29-34-49)43-24-26-45(27-25-43)48-32-38-61-60-20-7-10-23-65(60)69-66(61)41-48)50-35-30-46(31-36-50)47-12-11-13-51(40-47)68-63-21-8-5-18-58(63)59-19-6-9-22-64(59)68/h1-42H. The van der Waals surface area contributed by atoms with Crippen LogP contribution in [-0.2, 0) is 0 Å². The Kier molecular flexibility index (Phi) is 8.90. The van der Waals surface area contributed by atoms with Crippen molar-refractivity contribution >= 4 is 93.1 Å². The Labute approximate surface area is 399 Å². The summed E-state index contributed by atoms with van der Waals surface area (Å²) in [6.07, 6.45) is 0. The van der Waals surface area contributed by atoms with Gasteiger partial charge in [0.2, 0.25) is 0 Å². The predicted molar refractivity (Wildman–Crippen MR) is 292 cm³/mol. The van der Waals surface area contributed by atoms with Gasteiger partial charge in [-0.3, -0.25) is 0 Å².